The molecule has 1 aliphatic rings. The van der Waals surface area contributed by atoms with Gasteiger partial charge in [-0.05, 0) is 30.2 Å². The van der Waals surface area contributed by atoms with E-state index in [1.807, 2.05) is 18.6 Å². The highest BCUT2D eigenvalue weighted by Gasteiger charge is 2.37. The number of rotatable bonds is 7. The Morgan fingerprint density at radius 3 is 2.37 bits per heavy atom. The van der Waals surface area contributed by atoms with E-state index in [-0.39, 0.29) is 61.5 Å². The number of benzene rings is 1. The molecule has 1 saturated heterocycles. The number of nitrogens with zero attached hydrogens (tertiary/aromatic N) is 4. The van der Waals surface area contributed by atoms with Gasteiger partial charge in [-0.3, -0.25) is 9.59 Å². The van der Waals surface area contributed by atoms with Crippen LogP contribution in [0.2, 0.25) is 0 Å². The van der Waals surface area contributed by atoms with E-state index >= 15 is 4.39 Å². The summed E-state index contributed by atoms with van der Waals surface area (Å²) >= 11 is 0. The Morgan fingerprint density at radius 2 is 1.82 bits per heavy atom. The third-order valence-corrected chi connectivity index (χ3v) is 6.90. The fourth-order valence-electron chi connectivity index (χ4n) is 4.30. The molecule has 4 rings (SSSR count). The number of amides is 2. The predicted octanol–water partition coefficient (Wildman–Crippen LogP) is 3.10. The van der Waals surface area contributed by atoms with Crippen molar-refractivity contribution < 1.29 is 31.5 Å². The first-order valence-electron chi connectivity index (χ1n) is 12.1. The first-order chi connectivity index (χ1) is 17.8. The molecule has 1 fully saturated rings. The van der Waals surface area contributed by atoms with Crippen LogP contribution in [0.1, 0.15) is 55.7 Å². The van der Waals surface area contributed by atoms with Gasteiger partial charge in [0.15, 0.2) is 5.65 Å². The number of fused-ring (bicyclic) bond motifs is 1. The molecular formula is C25H29F2N5O5S. The Labute approximate surface area is 219 Å². The zero-order valence-corrected chi connectivity index (χ0v) is 22.3. The molecule has 1 aliphatic heterocycles. The molecule has 2 amide bonds. The zero-order valence-electron chi connectivity index (χ0n) is 21.5. The van der Waals surface area contributed by atoms with E-state index in [0.717, 1.165) is 6.26 Å². The number of hydrogen-bond donors (Lipinski definition) is 1. The Kier molecular flexibility index (Phi) is 7.42. The molecule has 3 aromatic rings. The number of carbonyl (C=O) groups excluding carboxylic acids is 2. The zero-order chi connectivity index (χ0) is 27.8. The van der Waals surface area contributed by atoms with Crippen molar-refractivity contribution in [3.8, 4) is 11.4 Å². The maximum Gasteiger partial charge on any atom is 0.283 e. The molecular weight excluding hydrogens is 520 g/mol. The second-order valence-electron chi connectivity index (χ2n) is 9.78. The highest BCUT2D eigenvalue weighted by atomic mass is 32.2. The quantitative estimate of drug-likeness (QED) is 0.480. The fourth-order valence-corrected chi connectivity index (χ4v) is 4.74. The molecule has 0 bridgehead atoms. The summed E-state index contributed by atoms with van der Waals surface area (Å²) in [7, 11) is -3.90. The third kappa shape index (κ3) is 5.93. The van der Waals surface area contributed by atoms with Gasteiger partial charge >= 0.3 is 0 Å². The van der Waals surface area contributed by atoms with E-state index in [1.54, 1.807) is 4.90 Å². The minimum Gasteiger partial charge on any atom is -0.489 e. The Balaban J connectivity index is 1.81. The number of pyridine rings is 1. The van der Waals surface area contributed by atoms with Crippen molar-refractivity contribution >= 4 is 32.9 Å². The van der Waals surface area contributed by atoms with Gasteiger partial charge in [0.1, 0.15) is 29.5 Å². The van der Waals surface area contributed by atoms with Crippen LogP contribution in [0.4, 0.5) is 8.78 Å². The summed E-state index contributed by atoms with van der Waals surface area (Å²) in [4.78, 5) is 30.3. The number of halogens is 2. The van der Waals surface area contributed by atoms with Crippen molar-refractivity contribution in [3.63, 3.8) is 0 Å². The monoisotopic (exact) mass is 549 g/mol. The molecule has 2 aromatic heterocycles. The van der Waals surface area contributed by atoms with Crippen molar-refractivity contribution in [3.05, 3.63) is 47.5 Å². The first kappa shape index (κ1) is 27.4. The molecule has 0 unspecified atom stereocenters. The van der Waals surface area contributed by atoms with Gasteiger partial charge in [-0.1, -0.05) is 13.8 Å². The molecule has 10 nitrogen and oxygen atoms in total. The minimum absolute atomic E-state index is 0.0775. The normalized spacial score (nSPS) is 15.6. The number of alkyl halides is 1. The van der Waals surface area contributed by atoms with Crippen LogP contribution in [0, 0.1) is 5.82 Å². The lowest BCUT2D eigenvalue weighted by Gasteiger charge is -2.35. The lowest BCUT2D eigenvalue weighted by atomic mass is 9.94. The van der Waals surface area contributed by atoms with Crippen molar-refractivity contribution in [2.75, 3.05) is 26.0 Å². The van der Waals surface area contributed by atoms with E-state index in [4.69, 9.17) is 4.74 Å². The van der Waals surface area contributed by atoms with Crippen molar-refractivity contribution in [1.29, 1.82) is 0 Å². The Morgan fingerprint density at radius 1 is 1.18 bits per heavy atom. The molecule has 1 N–H and O–H groups in total. The van der Waals surface area contributed by atoms with Crippen molar-refractivity contribution in [1.82, 2.24) is 24.4 Å². The minimum atomic E-state index is -3.90. The van der Waals surface area contributed by atoms with Crippen LogP contribution in [-0.2, 0) is 14.8 Å². The van der Waals surface area contributed by atoms with E-state index < -0.39 is 27.4 Å². The van der Waals surface area contributed by atoms with Crippen LogP contribution in [0.5, 0.6) is 5.75 Å². The standard InChI is InChI=1S/C25H29F2N5O5S/c1-15(2)22-21-20(37-14-25(27)9-11-31(12-10-25)16(3)33)13-19(24(34)30-38(4,35)36)28-23(21)32(29-22)18-7-5-17(26)6-8-18/h5-8,13,15H,9-12,14H2,1-4H3,(H,30,34). The van der Waals surface area contributed by atoms with Crippen molar-refractivity contribution in [2.24, 2.45) is 0 Å². The Bertz CT molecular complexity index is 1480. The van der Waals surface area contributed by atoms with E-state index in [0.29, 0.717) is 16.8 Å². The molecule has 0 aliphatic carbocycles. The van der Waals surface area contributed by atoms with E-state index in [1.165, 1.54) is 41.9 Å². The number of nitrogens with one attached hydrogen (secondary N) is 1. The SMILES string of the molecule is CC(=O)N1CCC(F)(COc2cc(C(=O)NS(C)(=O)=O)nc3c2c(C(C)C)nn3-c2ccc(F)cc2)CC1. The molecule has 0 saturated carbocycles. The molecule has 13 heteroatoms. The highest BCUT2D eigenvalue weighted by Crippen LogP contribution is 2.36. The number of sulfonamides is 1. The second kappa shape index (κ2) is 10.3. The van der Waals surface area contributed by atoms with E-state index in [9.17, 15) is 22.4 Å². The lowest BCUT2D eigenvalue weighted by molar-refractivity contribution is -0.131. The number of piperidine rings is 1. The number of carbonyl (C=O) groups is 2. The van der Waals surface area contributed by atoms with Gasteiger partial charge in [0.2, 0.25) is 15.9 Å². The van der Waals surface area contributed by atoms with Crippen LogP contribution in [0.3, 0.4) is 0 Å². The summed E-state index contributed by atoms with van der Waals surface area (Å²) in [5, 5.41) is 5.05. The summed E-state index contributed by atoms with van der Waals surface area (Å²) in [5.41, 5.74) is -0.851. The number of likely N-dealkylation sites (tertiary alicyclic amines) is 1. The number of ether oxygens (including phenoxy) is 1. The summed E-state index contributed by atoms with van der Waals surface area (Å²) < 4.78 is 61.9. The highest BCUT2D eigenvalue weighted by molar-refractivity contribution is 7.89. The largest absolute Gasteiger partial charge is 0.489 e. The van der Waals surface area contributed by atoms with Gasteiger partial charge < -0.3 is 9.64 Å². The van der Waals surface area contributed by atoms with E-state index in [2.05, 4.69) is 10.1 Å². The average molecular weight is 550 g/mol. The molecule has 0 spiro atoms. The van der Waals surface area contributed by atoms with Gasteiger partial charge in [-0.15, -0.1) is 0 Å². The summed E-state index contributed by atoms with van der Waals surface area (Å²) in [6, 6.07) is 6.72. The molecule has 38 heavy (non-hydrogen) atoms. The van der Waals surface area contributed by atoms with Gasteiger partial charge in [0.05, 0.1) is 23.0 Å². The fraction of sp³-hybridized carbons (Fsp3) is 0.440. The average Bonchev–Trinajstić information content (AvgIpc) is 3.22. The van der Waals surface area contributed by atoms with Gasteiger partial charge in [-0.2, -0.15) is 5.10 Å². The molecule has 204 valence electrons. The van der Waals surface area contributed by atoms with Crippen LogP contribution >= 0.6 is 0 Å². The topological polar surface area (TPSA) is 123 Å². The smallest absolute Gasteiger partial charge is 0.283 e. The first-order valence-corrected chi connectivity index (χ1v) is 13.9. The van der Waals surface area contributed by atoms with Crippen LogP contribution in [0.25, 0.3) is 16.7 Å². The van der Waals surface area contributed by atoms with Gasteiger partial charge in [0.25, 0.3) is 5.91 Å². The molecule has 3 heterocycles. The van der Waals surface area contributed by atoms with Gasteiger partial charge in [0, 0.05) is 38.9 Å². The third-order valence-electron chi connectivity index (χ3n) is 6.35. The molecule has 1 aromatic carbocycles. The molecule has 0 radical (unpaired) electrons. The van der Waals surface area contributed by atoms with Crippen LogP contribution < -0.4 is 9.46 Å². The summed E-state index contributed by atoms with van der Waals surface area (Å²) in [5.74, 6) is -1.61. The maximum absolute atomic E-state index is 15.7. The predicted molar refractivity (Wildman–Crippen MR) is 136 cm³/mol. The summed E-state index contributed by atoms with van der Waals surface area (Å²) in [6.07, 6.45) is 0.989. The number of aromatic nitrogens is 3. The van der Waals surface area contributed by atoms with Gasteiger partial charge in [-0.25, -0.2) is 31.6 Å². The lowest BCUT2D eigenvalue weighted by Crippen LogP contribution is -2.46. The van der Waals surface area contributed by atoms with Crippen LogP contribution in [-0.4, -0.2) is 71.5 Å². The summed E-state index contributed by atoms with van der Waals surface area (Å²) in [6.45, 7) is 5.36. The molecule has 0 atom stereocenters. The number of hydrogen-bond acceptors (Lipinski definition) is 7. The maximum atomic E-state index is 15.7. The second-order valence-corrected chi connectivity index (χ2v) is 11.5. The van der Waals surface area contributed by atoms with Crippen molar-refractivity contribution in [2.45, 2.75) is 45.2 Å². The van der Waals surface area contributed by atoms with Crippen LogP contribution in [0.15, 0.2) is 30.3 Å². The Hall–Kier alpha value is -3.61.